The van der Waals surface area contributed by atoms with E-state index in [4.69, 9.17) is 9.26 Å². The number of carbonyl (C=O) groups excluding carboxylic acids is 3. The highest BCUT2D eigenvalue weighted by molar-refractivity contribution is 7.17. The SMILES string of the molecule is CNCCC[C@@H](CC(=O)Nc1nc(C)c(C(=O)OC(C)C)s1)NC(=O)c1cccc(-c2noc(C)n2)c1. The van der Waals surface area contributed by atoms with E-state index in [0.717, 1.165) is 24.3 Å². The molecule has 12 heteroatoms. The molecule has 198 valence electrons. The van der Waals surface area contributed by atoms with Crippen LogP contribution in [0.3, 0.4) is 0 Å². The quantitative estimate of drug-likeness (QED) is 0.237. The Morgan fingerprint density at radius 3 is 2.62 bits per heavy atom. The van der Waals surface area contributed by atoms with Gasteiger partial charge in [0, 0.05) is 30.5 Å². The molecule has 0 bridgehead atoms. The number of ether oxygens (including phenoxy) is 1. The number of hydrogen-bond acceptors (Lipinski definition) is 10. The Bertz CT molecular complexity index is 1240. The van der Waals surface area contributed by atoms with Gasteiger partial charge in [0.25, 0.3) is 5.91 Å². The molecular weight excluding hydrogens is 496 g/mol. The Kier molecular flexibility index (Phi) is 9.86. The summed E-state index contributed by atoms with van der Waals surface area (Å²) in [6.07, 6.45) is 1.14. The van der Waals surface area contributed by atoms with Crippen LogP contribution >= 0.6 is 11.3 Å². The molecule has 11 nitrogen and oxygen atoms in total. The molecule has 37 heavy (non-hydrogen) atoms. The Hall–Kier alpha value is -3.64. The monoisotopic (exact) mass is 528 g/mol. The van der Waals surface area contributed by atoms with Crippen molar-refractivity contribution in [2.45, 2.75) is 59.1 Å². The van der Waals surface area contributed by atoms with Crippen molar-refractivity contribution in [1.29, 1.82) is 0 Å². The number of carbonyl (C=O) groups is 3. The van der Waals surface area contributed by atoms with Crippen LogP contribution in [0.2, 0.25) is 0 Å². The highest BCUT2D eigenvalue weighted by Gasteiger charge is 2.22. The summed E-state index contributed by atoms with van der Waals surface area (Å²) >= 11 is 1.06. The number of anilines is 1. The molecule has 0 saturated heterocycles. The summed E-state index contributed by atoms with van der Waals surface area (Å²) in [7, 11) is 1.85. The Labute approximate surface area is 219 Å². The van der Waals surface area contributed by atoms with Gasteiger partial charge >= 0.3 is 5.97 Å². The molecular formula is C25H32N6O5S. The third-order valence-corrected chi connectivity index (χ3v) is 6.28. The third-order valence-electron chi connectivity index (χ3n) is 5.23. The van der Waals surface area contributed by atoms with Crippen LogP contribution in [-0.2, 0) is 9.53 Å². The molecule has 1 aromatic carbocycles. The second kappa shape index (κ2) is 13.1. The van der Waals surface area contributed by atoms with Crippen LogP contribution in [0.25, 0.3) is 11.4 Å². The van der Waals surface area contributed by atoms with E-state index in [0.29, 0.717) is 45.0 Å². The van der Waals surface area contributed by atoms with E-state index in [2.05, 4.69) is 31.1 Å². The van der Waals surface area contributed by atoms with E-state index in [9.17, 15) is 14.4 Å². The first-order valence-electron chi connectivity index (χ1n) is 12.0. The summed E-state index contributed by atoms with van der Waals surface area (Å²) in [4.78, 5) is 46.9. The van der Waals surface area contributed by atoms with Crippen LogP contribution in [0.4, 0.5) is 5.13 Å². The first-order chi connectivity index (χ1) is 17.7. The maximum atomic E-state index is 13.0. The van der Waals surface area contributed by atoms with Crippen LogP contribution in [0, 0.1) is 13.8 Å². The lowest BCUT2D eigenvalue weighted by molar-refractivity contribution is -0.116. The molecule has 0 fully saturated rings. The van der Waals surface area contributed by atoms with Crippen molar-refractivity contribution in [3.63, 3.8) is 0 Å². The second-order valence-electron chi connectivity index (χ2n) is 8.77. The molecule has 0 aliphatic carbocycles. The van der Waals surface area contributed by atoms with Crippen molar-refractivity contribution in [3.05, 3.63) is 46.3 Å². The normalized spacial score (nSPS) is 11.8. The van der Waals surface area contributed by atoms with Crippen molar-refractivity contribution < 1.29 is 23.6 Å². The topological polar surface area (TPSA) is 148 Å². The standard InChI is InChI=1S/C25H32N6O5S/c1-14(2)35-24(34)21-15(3)27-25(37-21)30-20(32)13-19(10-7-11-26-5)29-23(33)18-9-6-8-17(12-18)22-28-16(4)36-31-22/h6,8-9,12,14,19,26H,7,10-11,13H2,1-5H3,(H,29,33)(H,27,30,32)/t19-/m0/s1. The molecule has 0 aliphatic rings. The molecule has 3 rings (SSSR count). The number of aryl methyl sites for hydroxylation is 2. The van der Waals surface area contributed by atoms with Gasteiger partial charge in [-0.25, -0.2) is 9.78 Å². The van der Waals surface area contributed by atoms with E-state index in [1.54, 1.807) is 52.0 Å². The van der Waals surface area contributed by atoms with Gasteiger partial charge in [-0.15, -0.1) is 0 Å². The molecule has 2 amide bonds. The zero-order valence-electron chi connectivity index (χ0n) is 21.6. The Morgan fingerprint density at radius 1 is 1.16 bits per heavy atom. The zero-order valence-corrected chi connectivity index (χ0v) is 22.4. The van der Waals surface area contributed by atoms with Gasteiger partial charge in [-0.2, -0.15) is 4.98 Å². The maximum absolute atomic E-state index is 13.0. The lowest BCUT2D eigenvalue weighted by Gasteiger charge is -2.18. The van der Waals surface area contributed by atoms with Gasteiger partial charge in [-0.3, -0.25) is 9.59 Å². The van der Waals surface area contributed by atoms with Crippen LogP contribution in [0.1, 0.15) is 64.7 Å². The average molecular weight is 529 g/mol. The van der Waals surface area contributed by atoms with Gasteiger partial charge in [0.15, 0.2) is 5.13 Å². The van der Waals surface area contributed by atoms with Crippen molar-refractivity contribution in [2.75, 3.05) is 18.9 Å². The summed E-state index contributed by atoms with van der Waals surface area (Å²) in [5.41, 5.74) is 1.56. The number of aromatic nitrogens is 3. The summed E-state index contributed by atoms with van der Waals surface area (Å²) in [6.45, 7) is 7.66. The third kappa shape index (κ3) is 8.19. The molecule has 1 atom stereocenters. The predicted molar refractivity (Wildman–Crippen MR) is 140 cm³/mol. The number of thiazole rings is 1. The lowest BCUT2D eigenvalue weighted by atomic mass is 10.1. The Morgan fingerprint density at radius 2 is 1.95 bits per heavy atom. The van der Waals surface area contributed by atoms with Crippen LogP contribution in [0.15, 0.2) is 28.8 Å². The highest BCUT2D eigenvalue weighted by atomic mass is 32.1. The number of benzene rings is 1. The largest absolute Gasteiger partial charge is 0.459 e. The number of nitrogens with one attached hydrogen (secondary N) is 3. The minimum absolute atomic E-state index is 0.0452. The number of rotatable bonds is 12. The zero-order chi connectivity index (χ0) is 26.9. The summed E-state index contributed by atoms with van der Waals surface area (Å²) < 4.78 is 10.3. The summed E-state index contributed by atoms with van der Waals surface area (Å²) in [5, 5.41) is 13.0. The van der Waals surface area contributed by atoms with Crippen LogP contribution in [0.5, 0.6) is 0 Å². The predicted octanol–water partition coefficient (Wildman–Crippen LogP) is 3.50. The molecule has 2 heterocycles. The smallest absolute Gasteiger partial charge is 0.350 e. The minimum Gasteiger partial charge on any atom is -0.459 e. The second-order valence-corrected chi connectivity index (χ2v) is 9.77. The van der Waals surface area contributed by atoms with Crippen molar-refractivity contribution in [2.24, 2.45) is 0 Å². The fraction of sp³-hybridized carbons (Fsp3) is 0.440. The van der Waals surface area contributed by atoms with Crippen LogP contribution < -0.4 is 16.0 Å². The van der Waals surface area contributed by atoms with Crippen molar-refractivity contribution in [1.82, 2.24) is 25.8 Å². The van der Waals surface area contributed by atoms with Gasteiger partial charge in [-0.1, -0.05) is 28.6 Å². The van der Waals surface area contributed by atoms with Crippen molar-refractivity contribution >= 4 is 34.3 Å². The van der Waals surface area contributed by atoms with Crippen molar-refractivity contribution in [3.8, 4) is 11.4 Å². The minimum atomic E-state index is -0.471. The fourth-order valence-corrected chi connectivity index (χ4v) is 4.40. The van der Waals surface area contributed by atoms with E-state index in [-0.39, 0.29) is 24.3 Å². The van der Waals surface area contributed by atoms with E-state index >= 15 is 0 Å². The van der Waals surface area contributed by atoms with Crippen LogP contribution in [-0.4, -0.2) is 58.6 Å². The molecule has 0 radical (unpaired) electrons. The van der Waals surface area contributed by atoms with Gasteiger partial charge in [0.2, 0.25) is 17.6 Å². The summed E-state index contributed by atoms with van der Waals surface area (Å²) in [6, 6.07) is 6.49. The van der Waals surface area contributed by atoms with Gasteiger partial charge in [0.05, 0.1) is 11.8 Å². The lowest BCUT2D eigenvalue weighted by Crippen LogP contribution is -2.38. The Balaban J connectivity index is 1.67. The van der Waals surface area contributed by atoms with E-state index < -0.39 is 12.0 Å². The molecule has 2 aromatic heterocycles. The molecule has 0 saturated carbocycles. The first-order valence-corrected chi connectivity index (χ1v) is 12.8. The number of hydrogen-bond donors (Lipinski definition) is 3. The molecule has 0 unspecified atom stereocenters. The van der Waals surface area contributed by atoms with E-state index in [1.165, 1.54) is 0 Å². The average Bonchev–Trinajstić information content (AvgIpc) is 3.43. The molecule has 3 N–H and O–H groups in total. The molecule has 0 spiro atoms. The number of amides is 2. The maximum Gasteiger partial charge on any atom is 0.350 e. The number of nitrogens with zero attached hydrogens (tertiary/aromatic N) is 3. The summed E-state index contributed by atoms with van der Waals surface area (Å²) in [5.74, 6) is -0.273. The molecule has 0 aliphatic heterocycles. The first kappa shape index (κ1) is 27.9. The van der Waals surface area contributed by atoms with Gasteiger partial charge < -0.3 is 25.2 Å². The molecule has 3 aromatic rings. The van der Waals surface area contributed by atoms with E-state index in [1.807, 2.05) is 7.05 Å². The highest BCUT2D eigenvalue weighted by Crippen LogP contribution is 2.24. The van der Waals surface area contributed by atoms with Gasteiger partial charge in [0.1, 0.15) is 4.88 Å². The number of esters is 1. The fourth-order valence-electron chi connectivity index (χ4n) is 3.54. The van der Waals surface area contributed by atoms with Gasteiger partial charge in [-0.05, 0) is 59.3 Å².